The Balaban J connectivity index is 0.000000316. The number of amides is 3. The predicted molar refractivity (Wildman–Crippen MR) is 182 cm³/mol. The van der Waals surface area contributed by atoms with Crippen LogP contribution in [0, 0.1) is 6.92 Å². The van der Waals surface area contributed by atoms with Gasteiger partial charge in [0.25, 0.3) is 11.8 Å². The molecule has 1 saturated carbocycles. The number of aliphatic hydroxyl groups excluding tert-OH is 1. The maximum Gasteiger partial charge on any atom is 0.254 e. The third-order valence-electron chi connectivity index (χ3n) is 9.77. The molecule has 2 aliphatic carbocycles. The number of hydrogen-bond acceptors (Lipinski definition) is 6. The lowest BCUT2D eigenvalue weighted by Gasteiger charge is -2.34. The summed E-state index contributed by atoms with van der Waals surface area (Å²) in [7, 11) is 0. The van der Waals surface area contributed by atoms with Crippen molar-refractivity contribution in [2.75, 3.05) is 5.88 Å². The van der Waals surface area contributed by atoms with Crippen LogP contribution in [-0.2, 0) is 22.4 Å². The molecule has 2 fully saturated rings. The molecule has 0 unspecified atom stereocenters. The molecule has 3 aromatic rings. The van der Waals surface area contributed by atoms with E-state index in [0.29, 0.717) is 5.56 Å². The molecule has 6 rings (SSSR count). The van der Waals surface area contributed by atoms with Crippen LogP contribution in [0.4, 0.5) is 0 Å². The third-order valence-corrected chi connectivity index (χ3v) is 11.4. The van der Waals surface area contributed by atoms with E-state index in [9.17, 15) is 24.6 Å². The maximum absolute atomic E-state index is 13.5. The summed E-state index contributed by atoms with van der Waals surface area (Å²) in [4.78, 5) is 40.5. The van der Waals surface area contributed by atoms with Gasteiger partial charge >= 0.3 is 0 Å². The second-order valence-corrected chi connectivity index (χ2v) is 14.2. The molecule has 3 amide bonds. The van der Waals surface area contributed by atoms with Gasteiger partial charge in [-0.05, 0) is 80.2 Å². The van der Waals surface area contributed by atoms with Crippen molar-refractivity contribution in [3.05, 3.63) is 101 Å². The van der Waals surface area contributed by atoms with Gasteiger partial charge in [-0.1, -0.05) is 80.4 Å². The fraction of sp³-hybridized carbons (Fsp3) is 0.432. The first kappa shape index (κ1) is 33.5. The number of carbonyl (C=O) groups is 3. The summed E-state index contributed by atoms with van der Waals surface area (Å²) in [6.07, 6.45) is 6.18. The van der Waals surface area contributed by atoms with E-state index < -0.39 is 40.7 Å². The number of fused-ring (bicyclic) bond motifs is 1. The number of nitrogens with two attached hydrogens (primary N) is 1. The summed E-state index contributed by atoms with van der Waals surface area (Å²) in [5, 5.41) is 24.0. The molecule has 3 aliphatic rings. The fourth-order valence-corrected chi connectivity index (χ4v) is 8.85. The van der Waals surface area contributed by atoms with Crippen LogP contribution in [-0.4, -0.2) is 61.6 Å². The second kappa shape index (κ2) is 14.7. The first-order valence-electron chi connectivity index (χ1n) is 16.2. The van der Waals surface area contributed by atoms with Crippen LogP contribution in [0.25, 0.3) is 0 Å². The molecule has 8 nitrogen and oxygen atoms in total. The van der Waals surface area contributed by atoms with Gasteiger partial charge in [-0.15, -0.1) is 11.8 Å². The van der Waals surface area contributed by atoms with Gasteiger partial charge in [0.15, 0.2) is 6.10 Å². The van der Waals surface area contributed by atoms with Crippen LogP contribution in [0.15, 0.2) is 72.8 Å². The molecule has 1 aliphatic heterocycles. The summed E-state index contributed by atoms with van der Waals surface area (Å²) in [6, 6.07) is 20.9. The molecule has 0 bridgehead atoms. The molecule has 1 saturated heterocycles. The molecule has 46 heavy (non-hydrogen) atoms. The molecule has 3 aromatic carbocycles. The number of thioether (sulfide) groups is 1. The molecule has 5 N–H and O–H groups in total. The predicted octanol–water partition coefficient (Wildman–Crippen LogP) is 5.23. The number of nitrogens with one attached hydrogen (secondary N) is 1. The van der Waals surface area contributed by atoms with Gasteiger partial charge in [0, 0.05) is 15.9 Å². The van der Waals surface area contributed by atoms with Crippen molar-refractivity contribution < 1.29 is 24.6 Å². The van der Waals surface area contributed by atoms with E-state index in [0.717, 1.165) is 37.2 Å². The van der Waals surface area contributed by atoms with Gasteiger partial charge in [0.2, 0.25) is 5.91 Å². The van der Waals surface area contributed by atoms with Crippen LogP contribution in [0.1, 0.15) is 84.0 Å². The van der Waals surface area contributed by atoms with E-state index in [1.807, 2.05) is 30.3 Å². The number of nitrogens with zero attached hydrogens (tertiary/aromatic N) is 1. The van der Waals surface area contributed by atoms with E-state index in [2.05, 4.69) is 36.5 Å². The van der Waals surface area contributed by atoms with Gasteiger partial charge in [0.05, 0.1) is 11.9 Å². The lowest BCUT2D eigenvalue weighted by Crippen LogP contribution is -2.58. The average Bonchev–Trinajstić information content (AvgIpc) is 3.69. The van der Waals surface area contributed by atoms with Crippen LogP contribution < -0.4 is 11.1 Å². The van der Waals surface area contributed by atoms with Crippen LogP contribution >= 0.6 is 11.8 Å². The van der Waals surface area contributed by atoms with Gasteiger partial charge in [-0.2, -0.15) is 0 Å². The Kier molecular flexibility index (Phi) is 10.7. The molecule has 0 radical (unpaired) electrons. The monoisotopic (exact) mass is 643 g/mol. The molecule has 1 spiro atoms. The van der Waals surface area contributed by atoms with Crippen molar-refractivity contribution in [1.29, 1.82) is 0 Å². The van der Waals surface area contributed by atoms with Crippen LogP contribution in [0.3, 0.4) is 0 Å². The summed E-state index contributed by atoms with van der Waals surface area (Å²) >= 11 is 1.55. The number of aryl methyl sites for hydroxylation is 1. The highest BCUT2D eigenvalue weighted by Gasteiger charge is 2.55. The lowest BCUT2D eigenvalue weighted by molar-refractivity contribution is -0.146. The minimum atomic E-state index is -1.59. The van der Waals surface area contributed by atoms with Crippen molar-refractivity contribution in [2.45, 2.75) is 94.1 Å². The summed E-state index contributed by atoms with van der Waals surface area (Å²) in [6.45, 7) is 3.95. The number of aliphatic hydroxyl groups is 1. The van der Waals surface area contributed by atoms with Gasteiger partial charge < -0.3 is 26.2 Å². The summed E-state index contributed by atoms with van der Waals surface area (Å²) in [5.41, 5.74) is 10.4. The molecule has 4 atom stereocenters. The lowest BCUT2D eigenvalue weighted by atomic mass is 9.84. The number of rotatable bonds is 7. The first-order chi connectivity index (χ1) is 22.1. The first-order valence-corrected chi connectivity index (χ1v) is 17.2. The second-order valence-electron chi connectivity index (χ2n) is 12.8. The smallest absolute Gasteiger partial charge is 0.254 e. The normalized spacial score (nSPS) is 21.1. The number of primary amides is 1. The standard InChI is InChI=1S/C26H31N3O5S.C11H14/c1-16-18(10-7-11-20(16)30)24(33)28-19(14-17-8-3-2-4-9-17)21(31)25(34)29-15-35-26(12-5-6-13-26)22(29)23(27)32;1-9-5-4-7-10-6-2-3-8-11(9)10/h2-4,7-11,19,21-22,30-31H,5-6,12-15H2,1H3,(H2,27,32)(H,28,33);2-3,6,8-9H,4-5,7H2,1H3/t19-,21-,22+;9-/m00/s1. The highest BCUT2D eigenvalue weighted by atomic mass is 32.2. The molecule has 244 valence electrons. The fourth-order valence-electron chi connectivity index (χ4n) is 7.19. The van der Waals surface area contributed by atoms with Crippen molar-refractivity contribution in [1.82, 2.24) is 10.2 Å². The third kappa shape index (κ3) is 7.26. The Morgan fingerprint density at radius 1 is 1.00 bits per heavy atom. The number of phenolic OH excluding ortho intramolecular Hbond substituents is 1. The van der Waals surface area contributed by atoms with Crippen molar-refractivity contribution in [3.63, 3.8) is 0 Å². The van der Waals surface area contributed by atoms with Gasteiger partial charge in [0.1, 0.15) is 11.8 Å². The Labute approximate surface area is 275 Å². The zero-order valence-electron chi connectivity index (χ0n) is 26.7. The Morgan fingerprint density at radius 2 is 1.70 bits per heavy atom. The Bertz CT molecular complexity index is 1540. The average molecular weight is 644 g/mol. The minimum Gasteiger partial charge on any atom is -0.508 e. The number of hydrogen-bond donors (Lipinski definition) is 4. The van der Waals surface area contributed by atoms with Crippen LogP contribution in [0.2, 0.25) is 0 Å². The topological polar surface area (TPSA) is 133 Å². The summed E-state index contributed by atoms with van der Waals surface area (Å²) < 4.78 is -0.405. The number of phenols is 1. The van der Waals surface area contributed by atoms with Crippen LogP contribution in [0.5, 0.6) is 5.75 Å². The van der Waals surface area contributed by atoms with E-state index >= 15 is 0 Å². The van der Waals surface area contributed by atoms with E-state index in [-0.39, 0.29) is 23.6 Å². The van der Waals surface area contributed by atoms with E-state index in [4.69, 9.17) is 5.73 Å². The Hall–Kier alpha value is -3.82. The molecule has 9 heteroatoms. The molecule has 0 aromatic heterocycles. The zero-order chi connectivity index (χ0) is 32.8. The number of aromatic hydroxyl groups is 1. The van der Waals surface area contributed by atoms with Crippen molar-refractivity contribution >= 4 is 29.5 Å². The van der Waals surface area contributed by atoms with Crippen molar-refractivity contribution in [2.24, 2.45) is 5.73 Å². The minimum absolute atomic E-state index is 0.0193. The molecular formula is C37H45N3O5S. The van der Waals surface area contributed by atoms with E-state index in [1.165, 1.54) is 30.2 Å². The van der Waals surface area contributed by atoms with E-state index in [1.54, 1.807) is 41.9 Å². The number of carbonyl (C=O) groups excluding carboxylic acids is 3. The SMILES string of the molecule is C[C@H]1CCCc2ccccc21.Cc1c(O)cccc1C(=O)N[C@@H](Cc1ccccc1)[C@H](O)C(=O)N1CSC2(CCCC2)[C@H]1C(N)=O. The molecule has 1 heterocycles. The zero-order valence-corrected chi connectivity index (χ0v) is 27.5. The summed E-state index contributed by atoms with van der Waals surface area (Å²) in [5.74, 6) is -0.675. The highest BCUT2D eigenvalue weighted by Crippen LogP contribution is 2.50. The Morgan fingerprint density at radius 3 is 2.39 bits per heavy atom. The molecular weight excluding hydrogens is 598 g/mol. The van der Waals surface area contributed by atoms with Gasteiger partial charge in [-0.25, -0.2) is 0 Å². The largest absolute Gasteiger partial charge is 0.508 e. The number of benzene rings is 3. The maximum atomic E-state index is 13.5. The highest BCUT2D eigenvalue weighted by molar-refractivity contribution is 8.01. The van der Waals surface area contributed by atoms with Gasteiger partial charge in [-0.3, -0.25) is 14.4 Å². The van der Waals surface area contributed by atoms with Crippen molar-refractivity contribution in [3.8, 4) is 5.75 Å². The quantitative estimate of drug-likeness (QED) is 0.279.